The number of hydrogen-bond donors (Lipinski definition) is 1. The summed E-state index contributed by atoms with van der Waals surface area (Å²) in [5.74, 6) is -0.0751. The van der Waals surface area contributed by atoms with Crippen LogP contribution in [-0.2, 0) is 4.74 Å². The minimum Gasteiger partial charge on any atom is -0.494 e. The quantitative estimate of drug-likeness (QED) is 0.269. The van der Waals surface area contributed by atoms with Crippen LogP contribution in [0.5, 0.6) is 5.75 Å². The highest BCUT2D eigenvalue weighted by Crippen LogP contribution is 2.24. The summed E-state index contributed by atoms with van der Waals surface area (Å²) in [4.78, 5) is 24.2. The molecule has 0 unspecified atom stereocenters. The van der Waals surface area contributed by atoms with E-state index in [2.05, 4.69) is 12.2 Å². The van der Waals surface area contributed by atoms with E-state index in [1.54, 1.807) is 36.4 Å². The summed E-state index contributed by atoms with van der Waals surface area (Å²) in [6.45, 7) is 2.91. The second-order valence-corrected chi connectivity index (χ2v) is 7.90. The highest BCUT2D eigenvalue weighted by molar-refractivity contribution is 6.34. The smallest absolute Gasteiger partial charge is 0.337 e. The maximum atomic E-state index is 12.5. The lowest BCUT2D eigenvalue weighted by Gasteiger charge is -2.10. The predicted molar refractivity (Wildman–Crippen MR) is 125 cm³/mol. The fraction of sp³-hybridized carbons (Fsp3) is 0.440. The summed E-state index contributed by atoms with van der Waals surface area (Å²) >= 11 is 6.14. The number of carbonyl (C=O) groups excluding carboxylic acids is 2. The maximum absolute atomic E-state index is 12.5. The van der Waals surface area contributed by atoms with Crippen LogP contribution >= 0.6 is 11.6 Å². The zero-order chi connectivity index (χ0) is 22.5. The fourth-order valence-electron chi connectivity index (χ4n) is 3.19. The first kappa shape index (κ1) is 24.7. The Hall–Kier alpha value is -2.53. The lowest BCUT2D eigenvalue weighted by Crippen LogP contribution is -2.13. The minimum atomic E-state index is -0.495. The number of amides is 1. The summed E-state index contributed by atoms with van der Waals surface area (Å²) in [7, 11) is 1.30. The average molecular weight is 446 g/mol. The van der Waals surface area contributed by atoms with Crippen molar-refractivity contribution in [3.8, 4) is 5.75 Å². The lowest BCUT2D eigenvalue weighted by molar-refractivity contribution is 0.0600. The summed E-state index contributed by atoms with van der Waals surface area (Å²) in [5, 5.41) is 3.07. The van der Waals surface area contributed by atoms with Gasteiger partial charge in [-0.2, -0.15) is 0 Å². The van der Waals surface area contributed by atoms with Gasteiger partial charge < -0.3 is 14.8 Å². The molecule has 2 aromatic carbocycles. The van der Waals surface area contributed by atoms with Crippen molar-refractivity contribution in [2.75, 3.05) is 19.0 Å². The number of rotatable bonds is 13. The first-order chi connectivity index (χ1) is 15.0. The lowest BCUT2D eigenvalue weighted by atomic mass is 10.1. The molecule has 0 aliphatic heterocycles. The number of hydrogen-bond acceptors (Lipinski definition) is 4. The molecule has 0 spiro atoms. The summed E-state index contributed by atoms with van der Waals surface area (Å²) in [6, 6.07) is 11.6. The Bertz CT molecular complexity index is 836. The van der Waals surface area contributed by atoms with Gasteiger partial charge in [-0.15, -0.1) is 0 Å². The van der Waals surface area contributed by atoms with Crippen molar-refractivity contribution >= 4 is 29.2 Å². The van der Waals surface area contributed by atoms with E-state index in [0.29, 0.717) is 28.4 Å². The Kier molecular flexibility index (Phi) is 10.9. The van der Waals surface area contributed by atoms with E-state index in [1.807, 2.05) is 0 Å². The molecule has 0 saturated heterocycles. The van der Waals surface area contributed by atoms with Gasteiger partial charge >= 0.3 is 5.97 Å². The fourth-order valence-corrected chi connectivity index (χ4v) is 3.35. The molecule has 1 N–H and O–H groups in total. The van der Waals surface area contributed by atoms with Crippen LogP contribution in [0.2, 0.25) is 5.02 Å². The van der Waals surface area contributed by atoms with Crippen molar-refractivity contribution in [2.45, 2.75) is 58.3 Å². The third-order valence-electron chi connectivity index (χ3n) is 5.02. The Morgan fingerprint density at radius 2 is 1.48 bits per heavy atom. The third-order valence-corrected chi connectivity index (χ3v) is 5.35. The molecule has 31 heavy (non-hydrogen) atoms. The number of anilines is 1. The molecule has 5 nitrogen and oxygen atoms in total. The third kappa shape index (κ3) is 8.62. The van der Waals surface area contributed by atoms with Gasteiger partial charge in [0.25, 0.3) is 5.91 Å². The van der Waals surface area contributed by atoms with Gasteiger partial charge in [0, 0.05) is 5.56 Å². The number of benzene rings is 2. The van der Waals surface area contributed by atoms with Crippen molar-refractivity contribution in [1.29, 1.82) is 0 Å². The van der Waals surface area contributed by atoms with Crippen molar-refractivity contribution in [3.63, 3.8) is 0 Å². The number of unbranched alkanes of at least 4 members (excludes halogenated alkanes) is 7. The Labute approximate surface area is 190 Å². The molecule has 6 heteroatoms. The molecular weight excluding hydrogens is 414 g/mol. The molecular formula is C25H32ClNO4. The van der Waals surface area contributed by atoms with Crippen LogP contribution in [0.15, 0.2) is 42.5 Å². The van der Waals surface area contributed by atoms with Gasteiger partial charge in [-0.3, -0.25) is 4.79 Å². The number of ether oxygens (including phenoxy) is 2. The van der Waals surface area contributed by atoms with E-state index >= 15 is 0 Å². The predicted octanol–water partition coefficient (Wildman–Crippen LogP) is 6.90. The molecule has 0 bridgehead atoms. The monoisotopic (exact) mass is 445 g/mol. The summed E-state index contributed by atoms with van der Waals surface area (Å²) < 4.78 is 10.5. The maximum Gasteiger partial charge on any atom is 0.337 e. The minimum absolute atomic E-state index is 0.312. The number of nitrogens with one attached hydrogen (secondary N) is 1. The Morgan fingerprint density at radius 1 is 0.871 bits per heavy atom. The highest BCUT2D eigenvalue weighted by Gasteiger charge is 2.12. The van der Waals surface area contributed by atoms with Crippen LogP contribution in [0.25, 0.3) is 0 Å². The number of methoxy groups -OCH3 is 1. The van der Waals surface area contributed by atoms with E-state index in [9.17, 15) is 9.59 Å². The van der Waals surface area contributed by atoms with Crippen molar-refractivity contribution in [1.82, 2.24) is 0 Å². The molecule has 0 heterocycles. The second-order valence-electron chi connectivity index (χ2n) is 7.49. The van der Waals surface area contributed by atoms with Gasteiger partial charge in [-0.05, 0) is 48.9 Å². The van der Waals surface area contributed by atoms with Crippen LogP contribution in [0.1, 0.15) is 79.0 Å². The van der Waals surface area contributed by atoms with E-state index < -0.39 is 5.97 Å². The Morgan fingerprint density at radius 3 is 2.13 bits per heavy atom. The number of esters is 1. The molecule has 0 aliphatic rings. The SMILES string of the molecule is CCCCCCCCCCOc1ccc(C(=O)Nc2cc(C(=O)OC)ccc2Cl)cc1. The average Bonchev–Trinajstić information content (AvgIpc) is 2.79. The van der Waals surface area contributed by atoms with Crippen LogP contribution in [0.3, 0.4) is 0 Å². The molecule has 0 aromatic heterocycles. The van der Waals surface area contributed by atoms with E-state index in [0.717, 1.165) is 12.2 Å². The summed E-state index contributed by atoms with van der Waals surface area (Å²) in [6.07, 6.45) is 10.1. The normalized spacial score (nSPS) is 10.5. The molecule has 0 saturated carbocycles. The summed E-state index contributed by atoms with van der Waals surface area (Å²) in [5.41, 5.74) is 1.13. The van der Waals surface area contributed by atoms with E-state index in [4.69, 9.17) is 21.1 Å². The topological polar surface area (TPSA) is 64.6 Å². The first-order valence-electron chi connectivity index (χ1n) is 11.0. The molecule has 1 amide bonds. The van der Waals surface area contributed by atoms with Crippen LogP contribution in [-0.4, -0.2) is 25.6 Å². The first-order valence-corrected chi connectivity index (χ1v) is 11.3. The van der Waals surface area contributed by atoms with E-state index in [1.165, 1.54) is 58.1 Å². The molecule has 0 atom stereocenters. The molecule has 0 aliphatic carbocycles. The molecule has 2 rings (SSSR count). The van der Waals surface area contributed by atoms with Gasteiger partial charge in [0.1, 0.15) is 5.75 Å². The van der Waals surface area contributed by atoms with E-state index in [-0.39, 0.29) is 5.91 Å². The second kappa shape index (κ2) is 13.7. The zero-order valence-corrected chi connectivity index (χ0v) is 19.2. The molecule has 168 valence electrons. The molecule has 2 aromatic rings. The largest absolute Gasteiger partial charge is 0.494 e. The zero-order valence-electron chi connectivity index (χ0n) is 18.4. The van der Waals surface area contributed by atoms with Gasteiger partial charge in [-0.1, -0.05) is 63.5 Å². The standard InChI is InChI=1S/C25H32ClNO4/c1-3-4-5-6-7-8-9-10-17-31-21-14-11-19(12-15-21)24(28)27-23-18-20(25(29)30-2)13-16-22(23)26/h11-16,18H,3-10,17H2,1-2H3,(H,27,28). The van der Waals surface area contributed by atoms with Crippen LogP contribution in [0, 0.1) is 0 Å². The van der Waals surface area contributed by atoms with Gasteiger partial charge in [0.2, 0.25) is 0 Å². The molecule has 0 radical (unpaired) electrons. The van der Waals surface area contributed by atoms with Gasteiger partial charge in [0.05, 0.1) is 30.0 Å². The number of carbonyl (C=O) groups is 2. The van der Waals surface area contributed by atoms with Crippen LogP contribution in [0.4, 0.5) is 5.69 Å². The van der Waals surface area contributed by atoms with Gasteiger partial charge in [0.15, 0.2) is 0 Å². The van der Waals surface area contributed by atoms with Crippen molar-refractivity contribution < 1.29 is 19.1 Å². The van der Waals surface area contributed by atoms with Crippen molar-refractivity contribution in [2.24, 2.45) is 0 Å². The number of halogens is 1. The van der Waals surface area contributed by atoms with Gasteiger partial charge in [-0.25, -0.2) is 4.79 Å². The van der Waals surface area contributed by atoms with Crippen LogP contribution < -0.4 is 10.1 Å². The highest BCUT2D eigenvalue weighted by atomic mass is 35.5. The van der Waals surface area contributed by atoms with Crippen molar-refractivity contribution in [3.05, 3.63) is 58.6 Å². The molecule has 0 fully saturated rings. The Balaban J connectivity index is 1.77.